The molecule has 4 rings (SSSR count). The van der Waals surface area contributed by atoms with Crippen LogP contribution >= 0.6 is 11.8 Å². The predicted octanol–water partition coefficient (Wildman–Crippen LogP) is 4.16. The Balaban J connectivity index is 1.38. The molecule has 0 aliphatic rings. The Bertz CT molecular complexity index is 1240. The van der Waals surface area contributed by atoms with E-state index in [1.54, 1.807) is 36.7 Å². The van der Waals surface area contributed by atoms with Gasteiger partial charge in [-0.2, -0.15) is 4.98 Å². The molecular weight excluding hydrogens is 391 g/mol. The van der Waals surface area contributed by atoms with Gasteiger partial charge in [0.05, 0.1) is 10.9 Å². The predicted molar refractivity (Wildman–Crippen MR) is 110 cm³/mol. The Morgan fingerprint density at radius 3 is 2.83 bits per heavy atom. The summed E-state index contributed by atoms with van der Waals surface area (Å²) in [4.78, 5) is 21.4. The molecule has 6 nitrogen and oxygen atoms in total. The van der Waals surface area contributed by atoms with Crippen molar-refractivity contribution in [3.05, 3.63) is 70.1 Å². The third-order valence-electron chi connectivity index (χ3n) is 4.61. The number of hydrogen-bond acceptors (Lipinski definition) is 6. The van der Waals surface area contributed by atoms with Gasteiger partial charge in [-0.05, 0) is 37.1 Å². The van der Waals surface area contributed by atoms with E-state index in [1.807, 2.05) is 18.2 Å². The smallest absolute Gasteiger partial charge is 0.261 e. The fourth-order valence-corrected chi connectivity index (χ4v) is 3.83. The van der Waals surface area contributed by atoms with Crippen molar-refractivity contribution in [2.75, 3.05) is 5.75 Å². The van der Waals surface area contributed by atoms with E-state index in [0.717, 1.165) is 12.2 Å². The van der Waals surface area contributed by atoms with E-state index in [-0.39, 0.29) is 11.4 Å². The van der Waals surface area contributed by atoms with Crippen molar-refractivity contribution in [1.29, 1.82) is 0 Å². The van der Waals surface area contributed by atoms with Gasteiger partial charge in [0, 0.05) is 24.8 Å². The summed E-state index contributed by atoms with van der Waals surface area (Å²) < 4.78 is 20.6. The lowest BCUT2D eigenvalue weighted by molar-refractivity contribution is 0.378. The fraction of sp³-hybridized carbons (Fsp3) is 0.238. The number of aromatic nitrogens is 4. The first-order chi connectivity index (χ1) is 14.0. The van der Waals surface area contributed by atoms with Crippen molar-refractivity contribution < 1.29 is 8.91 Å². The minimum absolute atomic E-state index is 0.0510. The second-order valence-electron chi connectivity index (χ2n) is 6.70. The number of fused-ring (bicyclic) bond motifs is 1. The van der Waals surface area contributed by atoms with Gasteiger partial charge in [0.2, 0.25) is 11.7 Å². The first-order valence-electron chi connectivity index (χ1n) is 9.20. The normalized spacial score (nSPS) is 11.3. The maximum atomic E-state index is 13.7. The number of rotatable bonds is 6. The van der Waals surface area contributed by atoms with Gasteiger partial charge in [-0.3, -0.25) is 9.36 Å². The van der Waals surface area contributed by atoms with Crippen LogP contribution in [0.25, 0.3) is 22.3 Å². The monoisotopic (exact) mass is 410 g/mol. The molecule has 29 heavy (non-hydrogen) atoms. The van der Waals surface area contributed by atoms with Crippen LogP contribution in [0.2, 0.25) is 0 Å². The van der Waals surface area contributed by atoms with Crippen LogP contribution in [0, 0.1) is 12.7 Å². The minimum atomic E-state index is -0.293. The summed E-state index contributed by atoms with van der Waals surface area (Å²) in [6.07, 6.45) is 1.37. The first kappa shape index (κ1) is 19.3. The fourth-order valence-electron chi connectivity index (χ4n) is 2.92. The zero-order valence-corrected chi connectivity index (χ0v) is 16.9. The maximum Gasteiger partial charge on any atom is 0.261 e. The Kier molecular flexibility index (Phi) is 5.44. The van der Waals surface area contributed by atoms with Gasteiger partial charge in [-0.1, -0.05) is 41.2 Å². The van der Waals surface area contributed by atoms with Crippen LogP contribution in [0.1, 0.15) is 17.9 Å². The van der Waals surface area contributed by atoms with Gasteiger partial charge in [-0.25, -0.2) is 9.37 Å². The third-order valence-corrected chi connectivity index (χ3v) is 5.72. The highest BCUT2D eigenvalue weighted by molar-refractivity contribution is 7.99. The Morgan fingerprint density at radius 2 is 2.00 bits per heavy atom. The molecule has 2 aromatic heterocycles. The summed E-state index contributed by atoms with van der Waals surface area (Å²) in [6, 6.07) is 12.2. The largest absolute Gasteiger partial charge is 0.339 e. The van der Waals surface area contributed by atoms with Gasteiger partial charge in [0.15, 0.2) is 5.16 Å². The molecule has 0 radical (unpaired) electrons. The summed E-state index contributed by atoms with van der Waals surface area (Å²) in [6.45, 7) is 1.71. The number of para-hydroxylation sites is 1. The van der Waals surface area contributed by atoms with Crippen molar-refractivity contribution >= 4 is 22.7 Å². The van der Waals surface area contributed by atoms with E-state index < -0.39 is 0 Å². The van der Waals surface area contributed by atoms with Crippen molar-refractivity contribution in [3.8, 4) is 11.4 Å². The second kappa shape index (κ2) is 8.16. The molecular formula is C21H19FN4O2S. The van der Waals surface area contributed by atoms with Gasteiger partial charge in [0.1, 0.15) is 5.82 Å². The summed E-state index contributed by atoms with van der Waals surface area (Å²) >= 11 is 1.51. The molecule has 0 saturated heterocycles. The Morgan fingerprint density at radius 1 is 1.17 bits per heavy atom. The number of thioether (sulfide) groups is 1. The molecule has 8 heteroatoms. The number of benzene rings is 2. The van der Waals surface area contributed by atoms with E-state index in [4.69, 9.17) is 4.52 Å². The molecule has 4 aromatic rings. The molecule has 0 aliphatic heterocycles. The third kappa shape index (κ3) is 4.07. The van der Waals surface area contributed by atoms with Gasteiger partial charge in [-0.15, -0.1) is 0 Å². The lowest BCUT2D eigenvalue weighted by atomic mass is 10.1. The van der Waals surface area contributed by atoms with E-state index in [9.17, 15) is 9.18 Å². The quantitative estimate of drug-likeness (QED) is 0.270. The SMILES string of the molecule is Cc1ccc(-c2noc(CCCSc3nc4ccccc4c(=O)n3C)n2)cc1F. The molecule has 148 valence electrons. The van der Waals surface area contributed by atoms with Crippen LogP contribution < -0.4 is 5.56 Å². The molecule has 0 saturated carbocycles. The van der Waals surface area contributed by atoms with E-state index >= 15 is 0 Å². The molecule has 0 amide bonds. The average molecular weight is 410 g/mol. The molecule has 0 spiro atoms. The molecule has 0 unspecified atom stereocenters. The van der Waals surface area contributed by atoms with Crippen molar-refractivity contribution in [2.45, 2.75) is 24.9 Å². The van der Waals surface area contributed by atoms with E-state index in [1.165, 1.54) is 17.8 Å². The van der Waals surface area contributed by atoms with Gasteiger partial charge >= 0.3 is 0 Å². The van der Waals surface area contributed by atoms with Crippen LogP contribution in [0.3, 0.4) is 0 Å². The standard InChI is InChI=1S/C21H19FN4O2S/c1-13-9-10-14(12-16(13)22)19-24-18(28-25-19)8-5-11-29-21-23-17-7-4-3-6-15(17)20(27)26(21)2/h3-4,6-7,9-10,12H,5,8,11H2,1-2H3. The van der Waals surface area contributed by atoms with Gasteiger partial charge < -0.3 is 4.52 Å². The van der Waals surface area contributed by atoms with Crippen LogP contribution in [0.15, 0.2) is 56.9 Å². The van der Waals surface area contributed by atoms with E-state index in [2.05, 4.69) is 15.1 Å². The zero-order chi connectivity index (χ0) is 20.4. The number of nitrogens with zero attached hydrogens (tertiary/aromatic N) is 4. The van der Waals surface area contributed by atoms with Crippen molar-refractivity contribution in [1.82, 2.24) is 19.7 Å². The maximum absolute atomic E-state index is 13.7. The molecule has 0 N–H and O–H groups in total. The first-order valence-corrected chi connectivity index (χ1v) is 10.2. The average Bonchev–Trinajstić information content (AvgIpc) is 3.20. The van der Waals surface area contributed by atoms with Crippen LogP contribution in [-0.2, 0) is 13.5 Å². The van der Waals surface area contributed by atoms with Crippen LogP contribution in [0.5, 0.6) is 0 Å². The van der Waals surface area contributed by atoms with Crippen LogP contribution in [0.4, 0.5) is 4.39 Å². The summed E-state index contributed by atoms with van der Waals surface area (Å²) in [5.41, 5.74) is 1.81. The second-order valence-corrected chi connectivity index (χ2v) is 7.77. The van der Waals surface area contributed by atoms with Crippen LogP contribution in [-0.4, -0.2) is 25.4 Å². The van der Waals surface area contributed by atoms with E-state index in [0.29, 0.717) is 45.3 Å². The molecule has 0 bridgehead atoms. The molecule has 2 heterocycles. The lowest BCUT2D eigenvalue weighted by Gasteiger charge is -2.08. The molecule has 2 aromatic carbocycles. The van der Waals surface area contributed by atoms with Crippen molar-refractivity contribution in [3.63, 3.8) is 0 Å². The Hall–Kier alpha value is -3.00. The molecule has 0 fully saturated rings. The highest BCUT2D eigenvalue weighted by atomic mass is 32.2. The number of aryl methyl sites for hydroxylation is 2. The summed E-state index contributed by atoms with van der Waals surface area (Å²) in [5.74, 6) is 1.33. The molecule has 0 aliphatic carbocycles. The topological polar surface area (TPSA) is 73.8 Å². The summed E-state index contributed by atoms with van der Waals surface area (Å²) in [5, 5.41) is 5.23. The van der Waals surface area contributed by atoms with Crippen molar-refractivity contribution in [2.24, 2.45) is 7.05 Å². The molecule has 0 atom stereocenters. The highest BCUT2D eigenvalue weighted by Gasteiger charge is 2.11. The number of halogens is 1. The minimum Gasteiger partial charge on any atom is -0.339 e. The Labute approximate surface area is 170 Å². The zero-order valence-electron chi connectivity index (χ0n) is 16.1. The highest BCUT2D eigenvalue weighted by Crippen LogP contribution is 2.21. The summed E-state index contributed by atoms with van der Waals surface area (Å²) in [7, 11) is 1.73. The lowest BCUT2D eigenvalue weighted by Crippen LogP contribution is -2.20. The number of hydrogen-bond donors (Lipinski definition) is 0. The van der Waals surface area contributed by atoms with Gasteiger partial charge in [0.25, 0.3) is 5.56 Å².